The SMILES string of the molecule is CSc1ccc(C)c(-c2cc(N)n[nH]2)c1. The van der Waals surface area contributed by atoms with Crippen molar-refractivity contribution in [2.45, 2.75) is 11.8 Å². The smallest absolute Gasteiger partial charge is 0.145 e. The molecule has 0 saturated heterocycles. The average Bonchev–Trinajstić information content (AvgIpc) is 2.65. The van der Waals surface area contributed by atoms with Crippen molar-refractivity contribution in [1.29, 1.82) is 0 Å². The number of rotatable bonds is 2. The van der Waals surface area contributed by atoms with Gasteiger partial charge in [0.1, 0.15) is 5.82 Å². The van der Waals surface area contributed by atoms with Crippen molar-refractivity contribution in [3.05, 3.63) is 29.8 Å². The summed E-state index contributed by atoms with van der Waals surface area (Å²) in [7, 11) is 0. The summed E-state index contributed by atoms with van der Waals surface area (Å²) in [5.41, 5.74) is 8.94. The monoisotopic (exact) mass is 219 g/mol. The first-order valence-electron chi connectivity index (χ1n) is 4.66. The first kappa shape index (κ1) is 10.1. The zero-order valence-electron chi connectivity index (χ0n) is 8.74. The van der Waals surface area contributed by atoms with Gasteiger partial charge in [-0.25, -0.2) is 0 Å². The summed E-state index contributed by atoms with van der Waals surface area (Å²) in [4.78, 5) is 1.24. The van der Waals surface area contributed by atoms with Crippen LogP contribution in [-0.2, 0) is 0 Å². The molecule has 0 atom stereocenters. The van der Waals surface area contributed by atoms with Crippen LogP contribution in [0.4, 0.5) is 5.82 Å². The van der Waals surface area contributed by atoms with Crippen LogP contribution in [-0.4, -0.2) is 16.5 Å². The van der Waals surface area contributed by atoms with E-state index in [2.05, 4.69) is 41.6 Å². The Morgan fingerprint density at radius 1 is 1.33 bits per heavy atom. The molecular weight excluding hydrogens is 206 g/mol. The highest BCUT2D eigenvalue weighted by molar-refractivity contribution is 7.98. The van der Waals surface area contributed by atoms with E-state index >= 15 is 0 Å². The first-order chi connectivity index (χ1) is 7.20. The molecule has 0 spiro atoms. The van der Waals surface area contributed by atoms with Gasteiger partial charge < -0.3 is 5.73 Å². The maximum absolute atomic E-state index is 5.59. The van der Waals surface area contributed by atoms with Gasteiger partial charge in [-0.15, -0.1) is 11.8 Å². The summed E-state index contributed by atoms with van der Waals surface area (Å²) in [5.74, 6) is 0.527. The van der Waals surface area contributed by atoms with E-state index in [4.69, 9.17) is 5.73 Å². The third kappa shape index (κ3) is 1.99. The highest BCUT2D eigenvalue weighted by Crippen LogP contribution is 2.27. The highest BCUT2D eigenvalue weighted by atomic mass is 32.2. The number of thioether (sulfide) groups is 1. The van der Waals surface area contributed by atoms with E-state index in [9.17, 15) is 0 Å². The van der Waals surface area contributed by atoms with E-state index in [1.165, 1.54) is 10.5 Å². The van der Waals surface area contributed by atoms with Crippen molar-refractivity contribution < 1.29 is 0 Å². The first-order valence-corrected chi connectivity index (χ1v) is 5.89. The van der Waals surface area contributed by atoms with Gasteiger partial charge in [-0.2, -0.15) is 5.10 Å². The lowest BCUT2D eigenvalue weighted by Gasteiger charge is -2.05. The number of hydrogen-bond acceptors (Lipinski definition) is 3. The lowest BCUT2D eigenvalue weighted by molar-refractivity contribution is 1.10. The van der Waals surface area contributed by atoms with Crippen LogP contribution in [0.1, 0.15) is 5.56 Å². The standard InChI is InChI=1S/C11H13N3S/c1-7-3-4-8(15-2)5-9(7)10-6-11(12)14-13-10/h3-6H,1-2H3,(H3,12,13,14). The summed E-state index contributed by atoms with van der Waals surface area (Å²) >= 11 is 1.73. The van der Waals surface area contributed by atoms with Crippen LogP contribution < -0.4 is 5.73 Å². The second-order valence-corrected chi connectivity index (χ2v) is 4.27. The maximum atomic E-state index is 5.59. The fourth-order valence-corrected chi connectivity index (χ4v) is 1.93. The molecule has 0 aliphatic carbocycles. The third-order valence-corrected chi connectivity index (χ3v) is 3.06. The van der Waals surface area contributed by atoms with Gasteiger partial charge in [-0.05, 0) is 30.9 Å². The number of aryl methyl sites for hydroxylation is 1. The number of hydrogen-bond donors (Lipinski definition) is 2. The van der Waals surface area contributed by atoms with Gasteiger partial charge in [0.15, 0.2) is 0 Å². The Morgan fingerprint density at radius 2 is 2.13 bits per heavy atom. The zero-order valence-corrected chi connectivity index (χ0v) is 9.56. The molecule has 0 fully saturated rings. The quantitative estimate of drug-likeness (QED) is 0.763. The van der Waals surface area contributed by atoms with E-state index in [1.54, 1.807) is 11.8 Å². The molecule has 3 nitrogen and oxygen atoms in total. The van der Waals surface area contributed by atoms with Gasteiger partial charge in [0, 0.05) is 16.5 Å². The predicted molar refractivity (Wildman–Crippen MR) is 65.0 cm³/mol. The number of anilines is 1. The molecule has 2 rings (SSSR count). The number of nitrogen functional groups attached to an aromatic ring is 1. The summed E-state index contributed by atoms with van der Waals surface area (Å²) in [6.45, 7) is 2.08. The van der Waals surface area contributed by atoms with Gasteiger partial charge in [-0.1, -0.05) is 6.07 Å². The van der Waals surface area contributed by atoms with E-state index in [-0.39, 0.29) is 0 Å². The van der Waals surface area contributed by atoms with Gasteiger partial charge in [0.25, 0.3) is 0 Å². The fraction of sp³-hybridized carbons (Fsp3) is 0.182. The Balaban J connectivity index is 2.51. The van der Waals surface area contributed by atoms with Crippen LogP contribution in [0.3, 0.4) is 0 Å². The van der Waals surface area contributed by atoms with E-state index in [1.807, 2.05) is 6.07 Å². The number of nitrogens with two attached hydrogens (primary N) is 1. The van der Waals surface area contributed by atoms with Gasteiger partial charge >= 0.3 is 0 Å². The second-order valence-electron chi connectivity index (χ2n) is 3.39. The fourth-order valence-electron chi connectivity index (χ4n) is 1.49. The van der Waals surface area contributed by atoms with Crippen molar-refractivity contribution in [1.82, 2.24) is 10.2 Å². The largest absolute Gasteiger partial charge is 0.382 e. The molecule has 0 amide bonds. The minimum absolute atomic E-state index is 0.527. The van der Waals surface area contributed by atoms with Crippen LogP contribution >= 0.6 is 11.8 Å². The Labute approximate surface area is 93.1 Å². The van der Waals surface area contributed by atoms with Gasteiger partial charge in [-0.3, -0.25) is 5.10 Å². The van der Waals surface area contributed by atoms with E-state index < -0.39 is 0 Å². The summed E-state index contributed by atoms with van der Waals surface area (Å²) in [6.07, 6.45) is 2.07. The average molecular weight is 219 g/mol. The van der Waals surface area contributed by atoms with Gasteiger partial charge in [0.05, 0.1) is 5.69 Å². The number of nitrogens with one attached hydrogen (secondary N) is 1. The Morgan fingerprint density at radius 3 is 2.73 bits per heavy atom. The number of benzene rings is 1. The van der Waals surface area contributed by atoms with Crippen LogP contribution in [0.25, 0.3) is 11.3 Å². The molecule has 78 valence electrons. The van der Waals surface area contributed by atoms with Crippen molar-refractivity contribution in [2.75, 3.05) is 12.0 Å². The number of H-pyrrole nitrogens is 1. The molecule has 1 aromatic heterocycles. The third-order valence-electron chi connectivity index (χ3n) is 2.33. The lowest BCUT2D eigenvalue weighted by atomic mass is 10.1. The second kappa shape index (κ2) is 3.98. The number of aromatic amines is 1. The molecule has 2 aromatic rings. The number of nitrogens with zero attached hydrogens (tertiary/aromatic N) is 1. The number of aromatic nitrogens is 2. The summed E-state index contributed by atoms with van der Waals surface area (Å²) < 4.78 is 0. The molecule has 0 aliphatic heterocycles. The topological polar surface area (TPSA) is 54.7 Å². The van der Waals surface area contributed by atoms with E-state index in [0.29, 0.717) is 5.82 Å². The predicted octanol–water partition coefficient (Wildman–Crippen LogP) is 2.69. The molecule has 1 aromatic carbocycles. The minimum Gasteiger partial charge on any atom is -0.382 e. The molecule has 1 heterocycles. The normalized spacial score (nSPS) is 10.5. The van der Waals surface area contributed by atoms with Crippen LogP contribution in [0.2, 0.25) is 0 Å². The Kier molecular flexibility index (Phi) is 2.68. The minimum atomic E-state index is 0.527. The van der Waals surface area contributed by atoms with Gasteiger partial charge in [0.2, 0.25) is 0 Å². The van der Waals surface area contributed by atoms with Crippen LogP contribution in [0.5, 0.6) is 0 Å². The molecule has 0 bridgehead atoms. The van der Waals surface area contributed by atoms with Crippen molar-refractivity contribution >= 4 is 17.6 Å². The molecule has 0 saturated carbocycles. The summed E-state index contributed by atoms with van der Waals surface area (Å²) in [6, 6.07) is 8.22. The molecule has 0 radical (unpaired) electrons. The molecule has 0 aliphatic rings. The molecule has 0 unspecified atom stereocenters. The van der Waals surface area contributed by atoms with Crippen LogP contribution in [0.15, 0.2) is 29.2 Å². The van der Waals surface area contributed by atoms with E-state index in [0.717, 1.165) is 11.3 Å². The molecule has 15 heavy (non-hydrogen) atoms. The van der Waals surface area contributed by atoms with Crippen molar-refractivity contribution in [3.63, 3.8) is 0 Å². The lowest BCUT2D eigenvalue weighted by Crippen LogP contribution is -1.84. The Hall–Kier alpha value is -1.42. The molecule has 4 heteroatoms. The zero-order chi connectivity index (χ0) is 10.8. The maximum Gasteiger partial charge on any atom is 0.145 e. The van der Waals surface area contributed by atoms with Crippen molar-refractivity contribution in [2.24, 2.45) is 0 Å². The summed E-state index contributed by atoms with van der Waals surface area (Å²) in [5, 5.41) is 6.87. The highest BCUT2D eigenvalue weighted by Gasteiger charge is 2.05. The molecular formula is C11H13N3S. The van der Waals surface area contributed by atoms with Crippen molar-refractivity contribution in [3.8, 4) is 11.3 Å². The Bertz CT molecular complexity index is 476. The molecule has 3 N–H and O–H groups in total. The van der Waals surface area contributed by atoms with Crippen LogP contribution in [0, 0.1) is 6.92 Å².